The predicted molar refractivity (Wildman–Crippen MR) is 184 cm³/mol. The summed E-state index contributed by atoms with van der Waals surface area (Å²) in [6.45, 7) is 20.8. The molecule has 1 aliphatic carbocycles. The van der Waals surface area contributed by atoms with E-state index in [0.29, 0.717) is 0 Å². The van der Waals surface area contributed by atoms with Crippen LogP contribution in [0.3, 0.4) is 0 Å². The highest BCUT2D eigenvalue weighted by molar-refractivity contribution is 5.91. The Labute approximate surface area is 246 Å². The molecule has 3 heteroatoms. The zero-order chi connectivity index (χ0) is 30.0. The van der Waals surface area contributed by atoms with E-state index < -0.39 is 0 Å². The van der Waals surface area contributed by atoms with E-state index in [1.165, 1.54) is 27.9 Å². The van der Waals surface area contributed by atoms with Gasteiger partial charge in [-0.1, -0.05) is 114 Å². The molecule has 1 aromatic carbocycles. The lowest BCUT2D eigenvalue weighted by molar-refractivity contribution is 0.309. The Morgan fingerprint density at radius 1 is 0.975 bits per heavy atom. The molecule has 0 fully saturated rings. The van der Waals surface area contributed by atoms with Gasteiger partial charge in [-0.05, 0) is 70.4 Å². The van der Waals surface area contributed by atoms with Crippen LogP contribution in [-0.4, -0.2) is 9.58 Å². The average Bonchev–Trinajstić information content (AvgIpc) is 3.33. The first-order chi connectivity index (χ1) is 19.7. The molecule has 1 aliphatic rings. The third kappa shape index (κ3) is 12.4. The van der Waals surface area contributed by atoms with Crippen LogP contribution in [0.2, 0.25) is 0 Å². The smallest absolute Gasteiger partial charge is 0.0664 e. The van der Waals surface area contributed by atoms with E-state index in [2.05, 4.69) is 83.2 Å². The summed E-state index contributed by atoms with van der Waals surface area (Å²) in [5.74, 6) is 0. The first-order valence-corrected chi connectivity index (χ1v) is 15.0. The van der Waals surface area contributed by atoms with Gasteiger partial charge in [0.05, 0.1) is 17.8 Å². The highest BCUT2D eigenvalue weighted by Crippen LogP contribution is 2.33. The number of benzene rings is 1. The molecule has 1 heterocycles. The average molecular weight is 542 g/mol. The minimum absolute atomic E-state index is 0.729. The maximum Gasteiger partial charge on any atom is 0.0664 e. The van der Waals surface area contributed by atoms with E-state index in [4.69, 9.17) is 0 Å². The summed E-state index contributed by atoms with van der Waals surface area (Å²) < 4.78 is 2.45. The normalized spacial score (nSPS) is 12.8. The fourth-order valence-electron chi connectivity index (χ4n) is 3.90. The summed E-state index contributed by atoms with van der Waals surface area (Å²) in [7, 11) is 0. The maximum absolute atomic E-state index is 3.83. The Hall–Kier alpha value is -3.72. The van der Waals surface area contributed by atoms with E-state index in [0.717, 1.165) is 32.2 Å². The zero-order valence-electron chi connectivity index (χ0n) is 26.5. The quantitative estimate of drug-likeness (QED) is 0.173. The predicted octanol–water partition coefficient (Wildman–Crippen LogP) is 11.4. The van der Waals surface area contributed by atoms with Gasteiger partial charge in [-0.15, -0.1) is 0 Å². The van der Waals surface area contributed by atoms with Crippen molar-refractivity contribution in [3.63, 3.8) is 0 Å². The van der Waals surface area contributed by atoms with Crippen LogP contribution in [0.25, 0.3) is 22.7 Å². The molecule has 1 aromatic heterocycles. The van der Waals surface area contributed by atoms with Gasteiger partial charge < -0.3 is 9.99 Å². The molecule has 0 saturated carbocycles. The monoisotopic (exact) mass is 541 g/mol. The second-order valence-electron chi connectivity index (χ2n) is 8.42. The Morgan fingerprint density at radius 2 is 1.70 bits per heavy atom. The molecule has 0 saturated heterocycles. The zero-order valence-corrected chi connectivity index (χ0v) is 26.5. The van der Waals surface area contributed by atoms with Crippen molar-refractivity contribution in [3.8, 4) is 0 Å². The number of nitrogens with zero attached hydrogens (tertiary/aromatic N) is 2. The third-order valence-electron chi connectivity index (χ3n) is 5.73. The van der Waals surface area contributed by atoms with Crippen molar-refractivity contribution in [1.29, 1.82) is 0 Å². The largest absolute Gasteiger partial charge is 0.313 e. The standard InChI is InChI=1S/C29H35N3.C4H8.2C2H6/c1-4-7-11-20-29-27(24-31(23-9-6-3)30-22-16-8-5-2)26-19-14-15-21-28(26)32(29)25-17-12-10-13-18-25;1-3-4-2;2*1-2/h5-6,8-12,14-17,19-23,30H,3-4,7,13,18,24H2,1-2H3;3-4H,1-2H3;2*1-2H3/b8-5-,20-11-,22-16-,23-9+;4-3-;;. The molecule has 0 unspecified atom stereocenters. The molecule has 0 radical (unpaired) electrons. The van der Waals surface area contributed by atoms with Gasteiger partial charge in [0.1, 0.15) is 0 Å². The summed E-state index contributed by atoms with van der Waals surface area (Å²) in [6.07, 6.45) is 33.4. The van der Waals surface area contributed by atoms with E-state index in [9.17, 15) is 0 Å². The van der Waals surface area contributed by atoms with Crippen molar-refractivity contribution in [2.75, 3.05) is 0 Å². The number of hydrogen-bond acceptors (Lipinski definition) is 2. The van der Waals surface area contributed by atoms with Crippen molar-refractivity contribution >= 4 is 22.7 Å². The number of hydrazine groups is 1. The number of para-hydroxylation sites is 1. The van der Waals surface area contributed by atoms with Crippen molar-refractivity contribution in [2.24, 2.45) is 0 Å². The SMILES string of the molecule is C/C=C\C.C=C/C=C/N(Cc1c(/C=C\CCC)n(C2=CC=CCC2)c2ccccc12)N/C=C\C=C/C.CC.CC. The molecule has 2 aromatic rings. The molecule has 3 nitrogen and oxygen atoms in total. The van der Waals surface area contributed by atoms with Crippen LogP contribution in [-0.2, 0) is 6.54 Å². The fourth-order valence-corrected chi connectivity index (χ4v) is 3.90. The second-order valence-corrected chi connectivity index (χ2v) is 8.42. The number of aromatic nitrogens is 1. The summed E-state index contributed by atoms with van der Waals surface area (Å²) in [5.41, 5.74) is 8.57. The van der Waals surface area contributed by atoms with Crippen LogP contribution in [0.1, 0.15) is 92.3 Å². The summed E-state index contributed by atoms with van der Waals surface area (Å²) in [6, 6.07) is 8.74. The molecule has 0 bridgehead atoms. The van der Waals surface area contributed by atoms with E-state index >= 15 is 0 Å². The number of hydrogen-bond donors (Lipinski definition) is 1. The molecule has 0 spiro atoms. The molecule has 0 atom stereocenters. The molecule has 40 heavy (non-hydrogen) atoms. The topological polar surface area (TPSA) is 20.2 Å². The highest BCUT2D eigenvalue weighted by atomic mass is 15.5. The van der Waals surface area contributed by atoms with Crippen LogP contribution >= 0.6 is 0 Å². The Bertz CT molecular complexity index is 1150. The van der Waals surface area contributed by atoms with Crippen LogP contribution < -0.4 is 5.43 Å². The minimum Gasteiger partial charge on any atom is -0.313 e. The summed E-state index contributed by atoms with van der Waals surface area (Å²) >= 11 is 0. The number of rotatable bonds is 11. The Morgan fingerprint density at radius 3 is 2.30 bits per heavy atom. The van der Waals surface area contributed by atoms with Gasteiger partial charge in [-0.2, -0.15) is 0 Å². The lowest BCUT2D eigenvalue weighted by Gasteiger charge is -2.21. The van der Waals surface area contributed by atoms with Gasteiger partial charge in [-0.25, -0.2) is 0 Å². The van der Waals surface area contributed by atoms with Crippen LogP contribution in [0.15, 0.2) is 110 Å². The number of allylic oxidation sites excluding steroid dienone is 12. The molecular formula is C37H55N3. The second kappa shape index (κ2) is 24.3. The lowest BCUT2D eigenvalue weighted by atomic mass is 10.1. The van der Waals surface area contributed by atoms with Crippen LogP contribution in [0.4, 0.5) is 0 Å². The molecule has 1 N–H and O–H groups in total. The van der Waals surface area contributed by atoms with Gasteiger partial charge >= 0.3 is 0 Å². The van der Waals surface area contributed by atoms with Crippen LogP contribution in [0.5, 0.6) is 0 Å². The van der Waals surface area contributed by atoms with Gasteiger partial charge in [0.15, 0.2) is 0 Å². The van der Waals surface area contributed by atoms with E-state index in [1.807, 2.05) is 97.3 Å². The first kappa shape index (κ1) is 36.3. The molecule has 0 aliphatic heterocycles. The maximum atomic E-state index is 3.83. The Balaban J connectivity index is 0.00000171. The minimum atomic E-state index is 0.729. The Kier molecular flexibility index (Phi) is 22.1. The van der Waals surface area contributed by atoms with Crippen molar-refractivity contribution in [1.82, 2.24) is 15.0 Å². The van der Waals surface area contributed by atoms with Crippen molar-refractivity contribution in [3.05, 3.63) is 121 Å². The number of nitrogens with one attached hydrogen (secondary N) is 1. The van der Waals surface area contributed by atoms with Crippen molar-refractivity contribution in [2.45, 2.75) is 87.6 Å². The molecule has 0 amide bonds. The number of unbranched alkanes of at least 4 members (excludes halogenated alkanes) is 1. The van der Waals surface area contributed by atoms with Gasteiger partial charge in [0.2, 0.25) is 0 Å². The summed E-state index contributed by atoms with van der Waals surface area (Å²) in [5, 5.41) is 3.38. The molecule has 3 rings (SSSR count). The number of fused-ring (bicyclic) bond motifs is 1. The first-order valence-electron chi connectivity index (χ1n) is 15.0. The van der Waals surface area contributed by atoms with E-state index in [1.54, 1.807) is 6.08 Å². The van der Waals surface area contributed by atoms with Gasteiger partial charge in [0, 0.05) is 29.0 Å². The van der Waals surface area contributed by atoms with Crippen LogP contribution in [0, 0.1) is 0 Å². The molecular weight excluding hydrogens is 486 g/mol. The fraction of sp³-hybridized carbons (Fsp3) is 0.351. The van der Waals surface area contributed by atoms with Gasteiger partial charge in [-0.3, -0.25) is 5.01 Å². The lowest BCUT2D eigenvalue weighted by Crippen LogP contribution is -2.28. The van der Waals surface area contributed by atoms with E-state index in [-0.39, 0.29) is 0 Å². The summed E-state index contributed by atoms with van der Waals surface area (Å²) in [4.78, 5) is 0. The van der Waals surface area contributed by atoms with Gasteiger partial charge in [0.25, 0.3) is 0 Å². The third-order valence-corrected chi connectivity index (χ3v) is 5.73. The molecule has 218 valence electrons. The highest BCUT2D eigenvalue weighted by Gasteiger charge is 2.19. The van der Waals surface area contributed by atoms with Crippen molar-refractivity contribution < 1.29 is 0 Å².